The summed E-state index contributed by atoms with van der Waals surface area (Å²) >= 11 is 0. The predicted molar refractivity (Wildman–Crippen MR) is 83.1 cm³/mol. The fourth-order valence-electron chi connectivity index (χ4n) is 3.16. The number of benzene rings is 1. The van der Waals surface area contributed by atoms with Gasteiger partial charge in [0.15, 0.2) is 0 Å². The lowest BCUT2D eigenvalue weighted by molar-refractivity contribution is 0.0558. The van der Waals surface area contributed by atoms with Crippen LogP contribution < -0.4 is 4.90 Å². The van der Waals surface area contributed by atoms with Gasteiger partial charge in [-0.2, -0.15) is 5.26 Å². The van der Waals surface area contributed by atoms with Crippen molar-refractivity contribution in [3.63, 3.8) is 0 Å². The Kier molecular flexibility index (Phi) is 3.52. The van der Waals surface area contributed by atoms with Crippen molar-refractivity contribution in [2.24, 2.45) is 0 Å². The molecule has 2 aromatic rings. The SMILES string of the molecule is CN(CC1(O)CCCC1)c1cc(C#N)c2ccccc2n1. The molecule has 1 fully saturated rings. The van der Waals surface area contributed by atoms with Crippen LogP contribution in [0.25, 0.3) is 10.9 Å². The van der Waals surface area contributed by atoms with E-state index in [9.17, 15) is 10.4 Å². The number of nitrogens with zero attached hydrogens (tertiary/aromatic N) is 3. The second-order valence-corrected chi connectivity index (χ2v) is 5.94. The van der Waals surface area contributed by atoms with Gasteiger partial charge in [0.2, 0.25) is 0 Å². The number of likely N-dealkylation sites (N-methyl/N-ethyl adjacent to an activating group) is 1. The van der Waals surface area contributed by atoms with Crippen molar-refractivity contribution < 1.29 is 5.11 Å². The number of aromatic nitrogens is 1. The van der Waals surface area contributed by atoms with Gasteiger partial charge < -0.3 is 10.0 Å². The maximum atomic E-state index is 10.5. The Hall–Kier alpha value is -2.12. The molecule has 108 valence electrons. The minimum Gasteiger partial charge on any atom is -0.388 e. The molecule has 0 atom stereocenters. The number of hydrogen-bond donors (Lipinski definition) is 1. The Balaban J connectivity index is 1.95. The maximum Gasteiger partial charge on any atom is 0.130 e. The van der Waals surface area contributed by atoms with E-state index in [0.29, 0.717) is 12.1 Å². The highest BCUT2D eigenvalue weighted by Crippen LogP contribution is 2.31. The van der Waals surface area contributed by atoms with Crippen molar-refractivity contribution in [2.45, 2.75) is 31.3 Å². The molecule has 3 rings (SSSR count). The number of pyridine rings is 1. The Morgan fingerprint density at radius 2 is 2.05 bits per heavy atom. The molecule has 1 aliphatic carbocycles. The molecule has 4 heteroatoms. The monoisotopic (exact) mass is 281 g/mol. The van der Waals surface area contributed by atoms with E-state index in [1.165, 1.54) is 0 Å². The van der Waals surface area contributed by atoms with Gasteiger partial charge in [0.1, 0.15) is 5.82 Å². The number of anilines is 1. The van der Waals surface area contributed by atoms with Crippen LogP contribution in [-0.4, -0.2) is 29.3 Å². The molecule has 1 heterocycles. The van der Waals surface area contributed by atoms with Gasteiger partial charge >= 0.3 is 0 Å². The van der Waals surface area contributed by atoms with Gasteiger partial charge in [-0.05, 0) is 25.0 Å². The molecule has 4 nitrogen and oxygen atoms in total. The molecule has 0 aliphatic heterocycles. The lowest BCUT2D eigenvalue weighted by atomic mass is 10.0. The first-order valence-electron chi connectivity index (χ1n) is 7.35. The third kappa shape index (κ3) is 2.70. The standard InChI is InChI=1S/C17H19N3O/c1-20(12-17(21)8-4-5-9-17)16-10-13(11-18)14-6-2-3-7-15(14)19-16/h2-3,6-7,10,21H,4-5,8-9,12H2,1H3. The zero-order valence-corrected chi connectivity index (χ0v) is 12.2. The summed E-state index contributed by atoms with van der Waals surface area (Å²) in [6.45, 7) is 0.559. The third-order valence-electron chi connectivity index (χ3n) is 4.28. The molecular formula is C17H19N3O. The van der Waals surface area contributed by atoms with Gasteiger partial charge in [-0.1, -0.05) is 31.0 Å². The minimum atomic E-state index is -0.616. The van der Waals surface area contributed by atoms with Gasteiger partial charge in [0.25, 0.3) is 0 Å². The highest BCUT2D eigenvalue weighted by atomic mass is 16.3. The second-order valence-electron chi connectivity index (χ2n) is 5.94. The first-order valence-corrected chi connectivity index (χ1v) is 7.35. The van der Waals surface area contributed by atoms with Crippen molar-refractivity contribution >= 4 is 16.7 Å². The Morgan fingerprint density at radius 1 is 1.33 bits per heavy atom. The first kappa shape index (κ1) is 13.8. The molecule has 0 spiro atoms. The smallest absolute Gasteiger partial charge is 0.130 e. The summed E-state index contributed by atoms with van der Waals surface area (Å²) in [6.07, 6.45) is 3.85. The van der Waals surface area contributed by atoms with E-state index >= 15 is 0 Å². The summed E-state index contributed by atoms with van der Waals surface area (Å²) < 4.78 is 0. The van der Waals surface area contributed by atoms with Crippen molar-refractivity contribution in [3.05, 3.63) is 35.9 Å². The average Bonchev–Trinajstić information content (AvgIpc) is 2.92. The van der Waals surface area contributed by atoms with Crippen molar-refractivity contribution in [3.8, 4) is 6.07 Å². The van der Waals surface area contributed by atoms with Crippen LogP contribution in [0.15, 0.2) is 30.3 Å². The zero-order chi connectivity index (χ0) is 14.9. The number of rotatable bonds is 3. The minimum absolute atomic E-state index is 0.559. The van der Waals surface area contributed by atoms with Gasteiger partial charge in [-0.3, -0.25) is 0 Å². The van der Waals surface area contributed by atoms with Crippen LogP contribution in [-0.2, 0) is 0 Å². The van der Waals surface area contributed by atoms with E-state index < -0.39 is 5.60 Å². The predicted octanol–water partition coefficient (Wildman–Crippen LogP) is 2.85. The third-order valence-corrected chi connectivity index (χ3v) is 4.28. The van der Waals surface area contributed by atoms with E-state index in [4.69, 9.17) is 0 Å². The van der Waals surface area contributed by atoms with Crippen molar-refractivity contribution in [2.75, 3.05) is 18.5 Å². The van der Waals surface area contributed by atoms with E-state index in [1.807, 2.05) is 36.2 Å². The fourth-order valence-corrected chi connectivity index (χ4v) is 3.16. The summed E-state index contributed by atoms with van der Waals surface area (Å²) in [5.74, 6) is 0.741. The molecular weight excluding hydrogens is 262 g/mol. The lowest BCUT2D eigenvalue weighted by Gasteiger charge is -2.29. The summed E-state index contributed by atoms with van der Waals surface area (Å²) in [6, 6.07) is 11.7. The van der Waals surface area contributed by atoms with Crippen LogP contribution in [0, 0.1) is 11.3 Å². The molecule has 1 N–H and O–H groups in total. The van der Waals surface area contributed by atoms with Crippen LogP contribution >= 0.6 is 0 Å². The second kappa shape index (κ2) is 5.34. The van der Waals surface area contributed by atoms with Crippen LogP contribution in [0.3, 0.4) is 0 Å². The number of nitriles is 1. The molecule has 1 aromatic heterocycles. The quantitative estimate of drug-likeness (QED) is 0.939. The largest absolute Gasteiger partial charge is 0.388 e. The molecule has 0 amide bonds. The highest BCUT2D eigenvalue weighted by Gasteiger charge is 2.32. The van der Waals surface area contributed by atoms with Gasteiger partial charge in [0, 0.05) is 19.0 Å². The summed E-state index contributed by atoms with van der Waals surface area (Å²) in [7, 11) is 1.93. The number of fused-ring (bicyclic) bond motifs is 1. The summed E-state index contributed by atoms with van der Waals surface area (Å²) in [5.41, 5.74) is 0.826. The van der Waals surface area contributed by atoms with Crippen LogP contribution in [0.4, 0.5) is 5.82 Å². The highest BCUT2D eigenvalue weighted by molar-refractivity contribution is 5.86. The molecule has 1 aliphatic rings. The van der Waals surface area contributed by atoms with Gasteiger partial charge in [-0.15, -0.1) is 0 Å². The topological polar surface area (TPSA) is 60.1 Å². The normalized spacial score (nSPS) is 16.8. The lowest BCUT2D eigenvalue weighted by Crippen LogP contribution is -2.39. The van der Waals surface area contributed by atoms with Crippen molar-refractivity contribution in [1.82, 2.24) is 4.98 Å². The van der Waals surface area contributed by atoms with E-state index in [-0.39, 0.29) is 0 Å². The summed E-state index contributed by atoms with van der Waals surface area (Å²) in [4.78, 5) is 6.58. The van der Waals surface area contributed by atoms with Gasteiger partial charge in [0.05, 0.1) is 22.8 Å². The molecule has 1 saturated carbocycles. The molecule has 21 heavy (non-hydrogen) atoms. The fraction of sp³-hybridized carbons (Fsp3) is 0.412. The number of para-hydroxylation sites is 1. The zero-order valence-electron chi connectivity index (χ0n) is 12.2. The Bertz CT molecular complexity index is 699. The van der Waals surface area contributed by atoms with Crippen molar-refractivity contribution in [1.29, 1.82) is 5.26 Å². The van der Waals surface area contributed by atoms with E-state index in [1.54, 1.807) is 6.07 Å². The van der Waals surface area contributed by atoms with Gasteiger partial charge in [-0.25, -0.2) is 4.98 Å². The maximum absolute atomic E-state index is 10.5. The Morgan fingerprint density at radius 3 is 2.76 bits per heavy atom. The molecule has 0 radical (unpaired) electrons. The summed E-state index contributed by atoms with van der Waals surface area (Å²) in [5, 5.41) is 20.7. The molecule has 0 saturated heterocycles. The number of hydrogen-bond acceptors (Lipinski definition) is 4. The van der Waals surface area contributed by atoms with Crippen LogP contribution in [0.5, 0.6) is 0 Å². The average molecular weight is 281 g/mol. The molecule has 0 bridgehead atoms. The first-order chi connectivity index (χ1) is 10.1. The molecule has 0 unspecified atom stereocenters. The number of aliphatic hydroxyl groups is 1. The Labute approximate surface area is 124 Å². The van der Waals surface area contributed by atoms with E-state index in [2.05, 4.69) is 11.1 Å². The van der Waals surface area contributed by atoms with Crippen LogP contribution in [0.2, 0.25) is 0 Å². The molecule has 1 aromatic carbocycles. The van der Waals surface area contributed by atoms with Crippen LogP contribution in [0.1, 0.15) is 31.2 Å². The van der Waals surface area contributed by atoms with E-state index in [0.717, 1.165) is 42.4 Å².